The standard InChI is InChI=1S/C19H22ClFN2O/c1-13(22-17-11-15(20)10-16(21)12-17)14-2-4-18(5-3-14)23-8-6-19(24)7-9-23/h2-5,10-13,19,22,24H,6-9H2,1H3. The van der Waals surface area contributed by atoms with Gasteiger partial charge in [-0.3, -0.25) is 0 Å². The molecule has 1 fully saturated rings. The Bertz CT molecular complexity index is 664. The molecule has 0 aliphatic carbocycles. The van der Waals surface area contributed by atoms with Gasteiger partial charge in [-0.25, -0.2) is 4.39 Å². The largest absolute Gasteiger partial charge is 0.393 e. The molecule has 0 spiro atoms. The van der Waals surface area contributed by atoms with Crippen molar-refractivity contribution in [2.75, 3.05) is 23.3 Å². The third-order valence-corrected chi connectivity index (χ3v) is 4.69. The second kappa shape index (κ2) is 7.41. The lowest BCUT2D eigenvalue weighted by Crippen LogP contribution is -2.35. The first-order valence-corrected chi connectivity index (χ1v) is 8.64. The summed E-state index contributed by atoms with van der Waals surface area (Å²) in [6.07, 6.45) is 1.47. The normalized spacial score (nSPS) is 16.9. The summed E-state index contributed by atoms with van der Waals surface area (Å²) in [6.45, 7) is 3.80. The van der Waals surface area contributed by atoms with Crippen LogP contribution in [0, 0.1) is 5.82 Å². The van der Waals surface area contributed by atoms with E-state index in [0.29, 0.717) is 10.7 Å². The highest BCUT2D eigenvalue weighted by Gasteiger charge is 2.17. The van der Waals surface area contributed by atoms with Crippen molar-refractivity contribution in [1.29, 1.82) is 0 Å². The number of anilines is 2. The van der Waals surface area contributed by atoms with E-state index in [4.69, 9.17) is 11.6 Å². The van der Waals surface area contributed by atoms with Crippen molar-refractivity contribution in [3.8, 4) is 0 Å². The summed E-state index contributed by atoms with van der Waals surface area (Å²) in [4.78, 5) is 2.29. The number of benzene rings is 2. The number of aliphatic hydroxyl groups excluding tert-OH is 1. The van der Waals surface area contributed by atoms with Crippen LogP contribution >= 0.6 is 11.6 Å². The van der Waals surface area contributed by atoms with Crippen LogP contribution in [0.5, 0.6) is 0 Å². The number of nitrogens with one attached hydrogen (secondary N) is 1. The van der Waals surface area contributed by atoms with E-state index in [-0.39, 0.29) is 18.0 Å². The maximum Gasteiger partial charge on any atom is 0.126 e. The number of piperidine rings is 1. The summed E-state index contributed by atoms with van der Waals surface area (Å²) in [5.74, 6) is -0.347. The fourth-order valence-corrected chi connectivity index (χ4v) is 3.29. The van der Waals surface area contributed by atoms with Crippen LogP contribution in [0.2, 0.25) is 5.02 Å². The van der Waals surface area contributed by atoms with E-state index < -0.39 is 0 Å². The van der Waals surface area contributed by atoms with Gasteiger partial charge in [0.15, 0.2) is 0 Å². The van der Waals surface area contributed by atoms with Crippen LogP contribution in [-0.2, 0) is 0 Å². The Labute approximate surface area is 147 Å². The van der Waals surface area contributed by atoms with Crippen molar-refractivity contribution in [2.24, 2.45) is 0 Å². The number of hydrogen-bond donors (Lipinski definition) is 2. The average Bonchev–Trinajstić information content (AvgIpc) is 2.55. The molecule has 128 valence electrons. The first-order chi connectivity index (χ1) is 11.5. The molecule has 0 amide bonds. The Hall–Kier alpha value is -1.78. The molecule has 2 N–H and O–H groups in total. The van der Waals surface area contributed by atoms with E-state index in [0.717, 1.165) is 31.5 Å². The highest BCUT2D eigenvalue weighted by Crippen LogP contribution is 2.26. The van der Waals surface area contributed by atoms with Crippen molar-refractivity contribution in [3.05, 3.63) is 58.9 Å². The van der Waals surface area contributed by atoms with Crippen LogP contribution in [0.3, 0.4) is 0 Å². The lowest BCUT2D eigenvalue weighted by molar-refractivity contribution is 0.145. The Kier molecular flexibility index (Phi) is 5.27. The fourth-order valence-electron chi connectivity index (χ4n) is 3.07. The van der Waals surface area contributed by atoms with Crippen molar-refractivity contribution in [1.82, 2.24) is 0 Å². The first-order valence-electron chi connectivity index (χ1n) is 8.27. The third-order valence-electron chi connectivity index (χ3n) is 4.47. The minimum Gasteiger partial charge on any atom is -0.393 e. The summed E-state index contributed by atoms with van der Waals surface area (Å²) in [6, 6.07) is 12.9. The minimum atomic E-state index is -0.347. The van der Waals surface area contributed by atoms with Gasteiger partial charge in [0.1, 0.15) is 5.82 Å². The summed E-state index contributed by atoms with van der Waals surface area (Å²) in [7, 11) is 0. The third kappa shape index (κ3) is 4.19. The molecule has 1 aliphatic rings. The van der Waals surface area contributed by atoms with Gasteiger partial charge in [0.25, 0.3) is 0 Å². The monoisotopic (exact) mass is 348 g/mol. The van der Waals surface area contributed by atoms with Gasteiger partial charge in [0.05, 0.1) is 6.10 Å². The highest BCUT2D eigenvalue weighted by molar-refractivity contribution is 6.30. The summed E-state index contributed by atoms with van der Waals surface area (Å²) < 4.78 is 13.4. The van der Waals surface area contributed by atoms with Gasteiger partial charge in [-0.15, -0.1) is 0 Å². The zero-order valence-electron chi connectivity index (χ0n) is 13.7. The quantitative estimate of drug-likeness (QED) is 0.846. The molecule has 1 atom stereocenters. The topological polar surface area (TPSA) is 35.5 Å². The molecular weight excluding hydrogens is 327 g/mol. The van der Waals surface area contributed by atoms with Crippen molar-refractivity contribution in [3.63, 3.8) is 0 Å². The van der Waals surface area contributed by atoms with Crippen LogP contribution in [0.1, 0.15) is 31.4 Å². The van der Waals surface area contributed by atoms with Gasteiger partial charge in [-0.05, 0) is 55.7 Å². The zero-order chi connectivity index (χ0) is 17.1. The number of nitrogens with zero attached hydrogens (tertiary/aromatic N) is 1. The molecule has 0 bridgehead atoms. The second-order valence-electron chi connectivity index (χ2n) is 6.33. The van der Waals surface area contributed by atoms with Gasteiger partial charge >= 0.3 is 0 Å². The maximum absolute atomic E-state index is 13.4. The Balaban J connectivity index is 1.66. The number of halogens is 2. The molecule has 2 aromatic rings. The predicted octanol–water partition coefficient (Wildman–Crippen LogP) is 4.61. The SMILES string of the molecule is CC(Nc1cc(F)cc(Cl)c1)c1ccc(N2CCC(O)CC2)cc1. The average molecular weight is 349 g/mol. The molecule has 0 saturated carbocycles. The van der Waals surface area contributed by atoms with Gasteiger partial charge in [-0.1, -0.05) is 23.7 Å². The van der Waals surface area contributed by atoms with Crippen LogP contribution in [0.25, 0.3) is 0 Å². The van der Waals surface area contributed by atoms with E-state index in [2.05, 4.69) is 34.5 Å². The Morgan fingerprint density at radius 1 is 1.17 bits per heavy atom. The van der Waals surface area contributed by atoms with Crippen LogP contribution < -0.4 is 10.2 Å². The van der Waals surface area contributed by atoms with E-state index in [1.165, 1.54) is 17.8 Å². The maximum atomic E-state index is 13.4. The fraction of sp³-hybridized carbons (Fsp3) is 0.368. The number of hydrogen-bond acceptors (Lipinski definition) is 3. The van der Waals surface area contributed by atoms with Crippen molar-refractivity contribution >= 4 is 23.0 Å². The molecule has 1 heterocycles. The smallest absolute Gasteiger partial charge is 0.126 e. The van der Waals surface area contributed by atoms with Gasteiger partial charge in [-0.2, -0.15) is 0 Å². The lowest BCUT2D eigenvalue weighted by atomic mass is 10.0. The van der Waals surface area contributed by atoms with E-state index in [1.54, 1.807) is 6.07 Å². The molecule has 1 saturated heterocycles. The predicted molar refractivity (Wildman–Crippen MR) is 97.3 cm³/mol. The van der Waals surface area contributed by atoms with E-state index in [9.17, 15) is 9.50 Å². The lowest BCUT2D eigenvalue weighted by Gasteiger charge is -2.31. The number of rotatable bonds is 4. The van der Waals surface area contributed by atoms with Gasteiger partial charge in [0, 0.05) is 35.5 Å². The first kappa shape index (κ1) is 17.1. The molecular formula is C19H22ClFN2O. The molecule has 1 aliphatic heterocycles. The minimum absolute atomic E-state index is 0.0418. The van der Waals surface area contributed by atoms with Crippen molar-refractivity contribution in [2.45, 2.75) is 31.9 Å². The Morgan fingerprint density at radius 2 is 1.83 bits per heavy atom. The summed E-state index contributed by atoms with van der Waals surface area (Å²) >= 11 is 5.89. The van der Waals surface area contributed by atoms with Crippen molar-refractivity contribution < 1.29 is 9.50 Å². The van der Waals surface area contributed by atoms with E-state index in [1.807, 2.05) is 6.92 Å². The Morgan fingerprint density at radius 3 is 2.46 bits per heavy atom. The summed E-state index contributed by atoms with van der Waals surface area (Å²) in [5, 5.41) is 13.3. The van der Waals surface area contributed by atoms with Crippen LogP contribution in [-0.4, -0.2) is 24.3 Å². The van der Waals surface area contributed by atoms with Crippen LogP contribution in [0.15, 0.2) is 42.5 Å². The zero-order valence-corrected chi connectivity index (χ0v) is 14.4. The molecule has 3 rings (SSSR count). The molecule has 0 radical (unpaired) electrons. The van der Waals surface area contributed by atoms with Gasteiger partial charge in [0.2, 0.25) is 0 Å². The van der Waals surface area contributed by atoms with E-state index >= 15 is 0 Å². The molecule has 0 aromatic heterocycles. The molecule has 1 unspecified atom stereocenters. The van der Waals surface area contributed by atoms with Gasteiger partial charge < -0.3 is 15.3 Å². The second-order valence-corrected chi connectivity index (χ2v) is 6.77. The molecule has 3 nitrogen and oxygen atoms in total. The summed E-state index contributed by atoms with van der Waals surface area (Å²) in [5.41, 5.74) is 2.96. The molecule has 2 aromatic carbocycles. The molecule has 5 heteroatoms. The van der Waals surface area contributed by atoms with Crippen LogP contribution in [0.4, 0.5) is 15.8 Å². The number of aliphatic hydroxyl groups is 1. The highest BCUT2D eigenvalue weighted by atomic mass is 35.5. The molecule has 24 heavy (non-hydrogen) atoms.